The van der Waals surface area contributed by atoms with Crippen LogP contribution in [0.15, 0.2) is 47.0 Å². The molecule has 1 aliphatic heterocycles. The van der Waals surface area contributed by atoms with Crippen molar-refractivity contribution in [3.63, 3.8) is 0 Å². The lowest BCUT2D eigenvalue weighted by atomic mass is 9.99. The van der Waals surface area contributed by atoms with Crippen molar-refractivity contribution >= 4 is 11.0 Å². The number of hydrogen-bond acceptors (Lipinski definition) is 4. The molecule has 142 valence electrons. The quantitative estimate of drug-likeness (QED) is 0.565. The lowest BCUT2D eigenvalue weighted by Crippen LogP contribution is -2.34. The Balaban J connectivity index is 1.31. The van der Waals surface area contributed by atoms with Crippen molar-refractivity contribution < 1.29 is 13.7 Å². The van der Waals surface area contributed by atoms with Crippen LogP contribution < -0.4 is 4.74 Å². The molecule has 1 aliphatic rings. The first-order chi connectivity index (χ1) is 13.2. The molecule has 1 saturated heterocycles. The third-order valence-electron chi connectivity index (χ3n) is 5.33. The van der Waals surface area contributed by atoms with Crippen LogP contribution in [0.25, 0.3) is 22.2 Å². The van der Waals surface area contributed by atoms with Gasteiger partial charge in [0, 0.05) is 23.6 Å². The van der Waals surface area contributed by atoms with Crippen LogP contribution in [0.3, 0.4) is 0 Å². The number of piperidine rings is 1. The van der Waals surface area contributed by atoms with E-state index in [4.69, 9.17) is 9.26 Å². The van der Waals surface area contributed by atoms with Crippen LogP contribution in [0, 0.1) is 11.7 Å². The maximum Gasteiger partial charge on any atom is 0.170 e. The number of hydrogen-bond donors (Lipinski definition) is 0. The molecule has 0 atom stereocenters. The Morgan fingerprint density at radius 2 is 1.93 bits per heavy atom. The van der Waals surface area contributed by atoms with Crippen molar-refractivity contribution in [2.45, 2.75) is 26.2 Å². The number of halogens is 1. The van der Waals surface area contributed by atoms with Gasteiger partial charge < -0.3 is 14.2 Å². The van der Waals surface area contributed by atoms with Gasteiger partial charge in [-0.2, -0.15) is 0 Å². The monoisotopic (exact) mass is 368 g/mol. The van der Waals surface area contributed by atoms with E-state index in [-0.39, 0.29) is 5.82 Å². The van der Waals surface area contributed by atoms with Crippen molar-refractivity contribution in [1.29, 1.82) is 0 Å². The van der Waals surface area contributed by atoms with Crippen LogP contribution in [0.4, 0.5) is 4.39 Å². The van der Waals surface area contributed by atoms with Gasteiger partial charge in [-0.25, -0.2) is 4.39 Å². The van der Waals surface area contributed by atoms with E-state index in [9.17, 15) is 4.39 Å². The lowest BCUT2D eigenvalue weighted by Gasteiger charge is -2.30. The predicted molar refractivity (Wildman–Crippen MR) is 104 cm³/mol. The fraction of sp³-hybridized carbons (Fsp3) is 0.409. The second-order valence-electron chi connectivity index (χ2n) is 7.42. The van der Waals surface area contributed by atoms with E-state index in [0.29, 0.717) is 5.58 Å². The number of aromatic nitrogens is 1. The largest absolute Gasteiger partial charge is 0.494 e. The number of rotatable bonds is 6. The maximum absolute atomic E-state index is 13.3. The highest BCUT2D eigenvalue weighted by atomic mass is 19.1. The summed E-state index contributed by atoms with van der Waals surface area (Å²) in [4.78, 5) is 2.53. The minimum Gasteiger partial charge on any atom is -0.494 e. The predicted octanol–water partition coefficient (Wildman–Crippen LogP) is 5.13. The molecule has 1 aromatic heterocycles. The highest BCUT2D eigenvalue weighted by Gasteiger charge is 2.15. The second-order valence-corrected chi connectivity index (χ2v) is 7.42. The summed E-state index contributed by atoms with van der Waals surface area (Å²) in [5, 5.41) is 4.89. The zero-order valence-electron chi connectivity index (χ0n) is 15.7. The Morgan fingerprint density at radius 3 is 2.70 bits per heavy atom. The first kappa shape index (κ1) is 18.0. The van der Waals surface area contributed by atoms with Gasteiger partial charge in [-0.15, -0.1) is 0 Å². The Bertz CT molecular complexity index is 883. The second kappa shape index (κ2) is 8.09. The minimum atomic E-state index is -0.326. The zero-order valence-corrected chi connectivity index (χ0v) is 15.7. The van der Waals surface area contributed by atoms with Crippen molar-refractivity contribution in [3.8, 4) is 17.0 Å². The maximum atomic E-state index is 13.3. The third-order valence-corrected chi connectivity index (χ3v) is 5.33. The van der Waals surface area contributed by atoms with Gasteiger partial charge in [-0.3, -0.25) is 0 Å². The molecule has 4 rings (SSSR count). The van der Waals surface area contributed by atoms with Crippen LogP contribution in [-0.4, -0.2) is 36.3 Å². The van der Waals surface area contributed by atoms with Gasteiger partial charge in [0.15, 0.2) is 5.58 Å². The molecule has 3 aromatic rings. The molecule has 27 heavy (non-hydrogen) atoms. The molecule has 0 N–H and O–H groups in total. The average molecular weight is 368 g/mol. The number of likely N-dealkylation sites (tertiary alicyclic amines) is 1. The molecular formula is C22H25FN2O2. The SMILES string of the molecule is CC1CCN(CCCOc2ccc(-c3noc4cc(F)ccc34)cc2)CC1. The molecule has 0 unspecified atom stereocenters. The Morgan fingerprint density at radius 1 is 1.15 bits per heavy atom. The van der Waals surface area contributed by atoms with Gasteiger partial charge in [-0.1, -0.05) is 12.1 Å². The molecule has 0 aliphatic carbocycles. The summed E-state index contributed by atoms with van der Waals surface area (Å²) in [7, 11) is 0. The van der Waals surface area contributed by atoms with E-state index in [1.807, 2.05) is 24.3 Å². The summed E-state index contributed by atoms with van der Waals surface area (Å²) in [6.07, 6.45) is 3.66. The minimum absolute atomic E-state index is 0.326. The van der Waals surface area contributed by atoms with Crippen LogP contribution in [0.5, 0.6) is 5.75 Å². The highest BCUT2D eigenvalue weighted by Crippen LogP contribution is 2.29. The first-order valence-corrected chi connectivity index (χ1v) is 9.69. The van der Waals surface area contributed by atoms with Crippen molar-refractivity contribution in [2.75, 3.05) is 26.2 Å². The summed E-state index contributed by atoms with van der Waals surface area (Å²) in [5.74, 6) is 1.40. The molecule has 0 amide bonds. The molecule has 0 bridgehead atoms. The molecule has 4 nitrogen and oxygen atoms in total. The van der Waals surface area contributed by atoms with Gasteiger partial charge >= 0.3 is 0 Å². The first-order valence-electron chi connectivity index (χ1n) is 9.69. The zero-order chi connectivity index (χ0) is 18.6. The standard InChI is InChI=1S/C22H25FN2O2/c1-16-9-12-25(13-10-16)11-2-14-26-19-6-3-17(4-7-19)22-20-8-5-18(23)15-21(20)27-24-22/h3-8,15-16H,2,9-14H2,1H3. The van der Waals surface area contributed by atoms with E-state index < -0.39 is 0 Å². The Kier molecular flexibility index (Phi) is 5.39. The number of benzene rings is 2. The number of ether oxygens (including phenoxy) is 1. The topological polar surface area (TPSA) is 38.5 Å². The van der Waals surface area contributed by atoms with Gasteiger partial charge in [0.05, 0.1) is 6.61 Å². The Labute approximate surface area is 158 Å². The van der Waals surface area contributed by atoms with Gasteiger partial charge in [0.2, 0.25) is 0 Å². The van der Waals surface area contributed by atoms with Crippen LogP contribution >= 0.6 is 0 Å². The average Bonchev–Trinajstić information content (AvgIpc) is 3.10. The fourth-order valence-electron chi connectivity index (χ4n) is 3.59. The summed E-state index contributed by atoms with van der Waals surface area (Å²) < 4.78 is 24.4. The van der Waals surface area contributed by atoms with E-state index in [1.54, 1.807) is 6.07 Å². The van der Waals surface area contributed by atoms with Gasteiger partial charge in [0.1, 0.15) is 17.3 Å². The summed E-state index contributed by atoms with van der Waals surface area (Å²) in [5.41, 5.74) is 2.10. The lowest BCUT2D eigenvalue weighted by molar-refractivity contribution is 0.177. The van der Waals surface area contributed by atoms with Crippen molar-refractivity contribution in [1.82, 2.24) is 10.1 Å². The molecule has 0 spiro atoms. The summed E-state index contributed by atoms with van der Waals surface area (Å²) in [6.45, 7) is 6.59. The highest BCUT2D eigenvalue weighted by molar-refractivity contribution is 5.91. The Hall–Kier alpha value is -2.40. The van der Waals surface area contributed by atoms with Crippen LogP contribution in [0.2, 0.25) is 0 Å². The molecule has 0 saturated carbocycles. The molecule has 2 heterocycles. The molecule has 0 radical (unpaired) electrons. The number of nitrogens with zero attached hydrogens (tertiary/aromatic N) is 2. The molecular weight excluding hydrogens is 343 g/mol. The van der Waals surface area contributed by atoms with Crippen molar-refractivity contribution in [3.05, 3.63) is 48.3 Å². The van der Waals surface area contributed by atoms with E-state index in [1.165, 1.54) is 38.1 Å². The van der Waals surface area contributed by atoms with Crippen molar-refractivity contribution in [2.24, 2.45) is 5.92 Å². The summed E-state index contributed by atoms with van der Waals surface area (Å²) in [6, 6.07) is 12.3. The molecule has 5 heteroatoms. The van der Waals surface area contributed by atoms with Crippen LogP contribution in [0.1, 0.15) is 26.2 Å². The normalized spacial score (nSPS) is 16.1. The van der Waals surface area contributed by atoms with Gasteiger partial charge in [-0.05, 0) is 74.7 Å². The van der Waals surface area contributed by atoms with Gasteiger partial charge in [0.25, 0.3) is 0 Å². The van der Waals surface area contributed by atoms with E-state index in [2.05, 4.69) is 17.0 Å². The van der Waals surface area contributed by atoms with E-state index in [0.717, 1.165) is 47.9 Å². The van der Waals surface area contributed by atoms with E-state index >= 15 is 0 Å². The fourth-order valence-corrected chi connectivity index (χ4v) is 3.59. The third kappa shape index (κ3) is 4.30. The molecule has 2 aromatic carbocycles. The smallest absolute Gasteiger partial charge is 0.170 e. The van der Waals surface area contributed by atoms with Crippen LogP contribution in [-0.2, 0) is 0 Å². The molecule has 1 fully saturated rings. The number of fused-ring (bicyclic) bond motifs is 1. The summed E-state index contributed by atoms with van der Waals surface area (Å²) >= 11 is 0.